The summed E-state index contributed by atoms with van der Waals surface area (Å²) in [5.74, 6) is 1.47. The minimum atomic E-state index is -0.477. The third-order valence-corrected chi connectivity index (χ3v) is 4.57. The van der Waals surface area contributed by atoms with Gasteiger partial charge in [-0.25, -0.2) is 4.98 Å². The number of aromatic nitrogens is 4. The summed E-state index contributed by atoms with van der Waals surface area (Å²) >= 11 is 3.48. The van der Waals surface area contributed by atoms with Crippen molar-refractivity contribution in [1.82, 2.24) is 19.6 Å². The number of fused-ring (bicyclic) bond motifs is 1. The molecule has 3 N–H and O–H groups in total. The Bertz CT molecular complexity index is 891. The van der Waals surface area contributed by atoms with Crippen molar-refractivity contribution in [1.29, 1.82) is 0 Å². The first-order valence-electron chi connectivity index (χ1n) is 8.53. The first-order valence-corrected chi connectivity index (χ1v) is 9.32. The van der Waals surface area contributed by atoms with Crippen LogP contribution in [0, 0.1) is 0 Å². The van der Waals surface area contributed by atoms with Crippen molar-refractivity contribution in [2.45, 2.75) is 39.3 Å². The Hall–Kier alpha value is -2.19. The second kappa shape index (κ2) is 7.59. The van der Waals surface area contributed by atoms with Gasteiger partial charge in [-0.1, -0.05) is 13.0 Å². The van der Waals surface area contributed by atoms with Crippen LogP contribution < -0.4 is 10.6 Å². The van der Waals surface area contributed by atoms with E-state index in [1.54, 1.807) is 10.7 Å². The molecule has 138 valence electrons. The van der Waals surface area contributed by atoms with Crippen molar-refractivity contribution in [3.63, 3.8) is 0 Å². The van der Waals surface area contributed by atoms with Gasteiger partial charge in [0, 0.05) is 24.5 Å². The molecule has 0 radical (unpaired) electrons. The van der Waals surface area contributed by atoms with Gasteiger partial charge in [0.05, 0.1) is 22.8 Å². The topological polar surface area (TPSA) is 87.4 Å². The third kappa shape index (κ3) is 4.13. The molecule has 0 spiro atoms. The SMILES string of the molecule is CCc1ccc(CNc2cc(NC(C)(C)CO)nc3c(Br)cnn23)cn1. The van der Waals surface area contributed by atoms with E-state index in [0.29, 0.717) is 18.0 Å². The molecular formula is C18H23BrN6O. The second-order valence-electron chi connectivity index (χ2n) is 6.79. The van der Waals surface area contributed by atoms with E-state index in [1.165, 1.54) is 0 Å². The van der Waals surface area contributed by atoms with Crippen LogP contribution in [0.4, 0.5) is 11.6 Å². The molecule has 0 unspecified atom stereocenters. The van der Waals surface area contributed by atoms with Crippen LogP contribution in [-0.4, -0.2) is 36.8 Å². The van der Waals surface area contributed by atoms with Gasteiger partial charge in [-0.3, -0.25) is 4.98 Å². The largest absolute Gasteiger partial charge is 0.394 e. The molecule has 3 aromatic rings. The van der Waals surface area contributed by atoms with E-state index in [0.717, 1.165) is 28.0 Å². The van der Waals surface area contributed by atoms with Gasteiger partial charge in [-0.05, 0) is 47.8 Å². The van der Waals surface area contributed by atoms with Crippen molar-refractivity contribution in [2.75, 3.05) is 17.2 Å². The zero-order chi connectivity index (χ0) is 18.7. The van der Waals surface area contributed by atoms with Gasteiger partial charge in [0.25, 0.3) is 0 Å². The van der Waals surface area contributed by atoms with Crippen LogP contribution in [-0.2, 0) is 13.0 Å². The molecule has 0 aliphatic heterocycles. The number of nitrogens with one attached hydrogen (secondary N) is 2. The molecule has 3 aromatic heterocycles. The van der Waals surface area contributed by atoms with E-state index in [9.17, 15) is 5.11 Å². The maximum Gasteiger partial charge on any atom is 0.173 e. The molecule has 0 bridgehead atoms. The Morgan fingerprint density at radius 1 is 1.27 bits per heavy atom. The van der Waals surface area contributed by atoms with Crippen LogP contribution in [0.3, 0.4) is 0 Å². The molecule has 0 atom stereocenters. The molecule has 0 aliphatic rings. The number of hydrogen-bond donors (Lipinski definition) is 3. The number of pyridine rings is 1. The molecule has 0 saturated heterocycles. The van der Waals surface area contributed by atoms with Gasteiger partial charge in [0.15, 0.2) is 5.65 Å². The van der Waals surface area contributed by atoms with Gasteiger partial charge in [0.2, 0.25) is 0 Å². The van der Waals surface area contributed by atoms with E-state index < -0.39 is 5.54 Å². The van der Waals surface area contributed by atoms with Crippen molar-refractivity contribution in [2.24, 2.45) is 0 Å². The average molecular weight is 419 g/mol. The molecule has 0 fully saturated rings. The van der Waals surface area contributed by atoms with Gasteiger partial charge >= 0.3 is 0 Å². The van der Waals surface area contributed by atoms with Crippen LogP contribution >= 0.6 is 15.9 Å². The average Bonchev–Trinajstić information content (AvgIpc) is 3.01. The predicted octanol–water partition coefficient (Wildman–Crippen LogP) is 3.24. The molecule has 26 heavy (non-hydrogen) atoms. The quantitative estimate of drug-likeness (QED) is 0.545. The number of aliphatic hydroxyl groups excluding tert-OH is 1. The number of halogens is 1. The summed E-state index contributed by atoms with van der Waals surface area (Å²) in [5, 5.41) is 20.5. The van der Waals surface area contributed by atoms with E-state index in [2.05, 4.69) is 54.6 Å². The lowest BCUT2D eigenvalue weighted by atomic mass is 10.1. The van der Waals surface area contributed by atoms with Crippen LogP contribution in [0.5, 0.6) is 0 Å². The van der Waals surface area contributed by atoms with E-state index in [1.807, 2.05) is 32.2 Å². The molecular weight excluding hydrogens is 396 g/mol. The van der Waals surface area contributed by atoms with Gasteiger partial charge in [-0.15, -0.1) is 0 Å². The Balaban J connectivity index is 1.87. The minimum absolute atomic E-state index is 0.00149. The second-order valence-corrected chi connectivity index (χ2v) is 7.64. The summed E-state index contributed by atoms with van der Waals surface area (Å²) in [7, 11) is 0. The molecule has 0 aliphatic carbocycles. The smallest absolute Gasteiger partial charge is 0.173 e. The molecule has 7 nitrogen and oxygen atoms in total. The fraction of sp³-hybridized carbons (Fsp3) is 0.389. The first-order chi connectivity index (χ1) is 12.4. The summed E-state index contributed by atoms with van der Waals surface area (Å²) in [6.45, 7) is 6.54. The zero-order valence-electron chi connectivity index (χ0n) is 15.1. The molecule has 8 heteroatoms. The van der Waals surface area contributed by atoms with Crippen molar-refractivity contribution >= 4 is 33.2 Å². The normalized spacial score (nSPS) is 11.7. The Morgan fingerprint density at radius 2 is 2.08 bits per heavy atom. The highest BCUT2D eigenvalue weighted by Gasteiger charge is 2.18. The monoisotopic (exact) mass is 418 g/mol. The van der Waals surface area contributed by atoms with E-state index >= 15 is 0 Å². The van der Waals surface area contributed by atoms with Crippen molar-refractivity contribution in [3.05, 3.63) is 46.3 Å². The number of hydrogen-bond acceptors (Lipinski definition) is 6. The Kier molecular flexibility index (Phi) is 5.43. The highest BCUT2D eigenvalue weighted by molar-refractivity contribution is 9.10. The van der Waals surface area contributed by atoms with Crippen LogP contribution in [0.1, 0.15) is 32.0 Å². The predicted molar refractivity (Wildman–Crippen MR) is 106 cm³/mol. The number of aryl methyl sites for hydroxylation is 1. The lowest BCUT2D eigenvalue weighted by Gasteiger charge is -2.24. The summed E-state index contributed by atoms with van der Waals surface area (Å²) in [4.78, 5) is 9.02. The molecule has 3 heterocycles. The fourth-order valence-corrected chi connectivity index (χ4v) is 2.82. The minimum Gasteiger partial charge on any atom is -0.394 e. The number of nitrogens with zero attached hydrogens (tertiary/aromatic N) is 4. The lowest BCUT2D eigenvalue weighted by molar-refractivity contribution is 0.234. The third-order valence-electron chi connectivity index (χ3n) is 4.01. The Labute approximate surface area is 161 Å². The molecule has 3 rings (SSSR count). The lowest BCUT2D eigenvalue weighted by Crippen LogP contribution is -2.35. The van der Waals surface area contributed by atoms with E-state index in [-0.39, 0.29) is 6.61 Å². The van der Waals surface area contributed by atoms with Gasteiger partial charge in [0.1, 0.15) is 11.6 Å². The van der Waals surface area contributed by atoms with Crippen LogP contribution in [0.25, 0.3) is 5.65 Å². The summed E-state index contributed by atoms with van der Waals surface area (Å²) in [6.07, 6.45) is 4.53. The highest BCUT2D eigenvalue weighted by Crippen LogP contribution is 2.24. The van der Waals surface area contributed by atoms with Crippen molar-refractivity contribution in [3.8, 4) is 0 Å². The molecule has 0 amide bonds. The van der Waals surface area contributed by atoms with Crippen LogP contribution in [0.2, 0.25) is 0 Å². The molecule has 0 saturated carbocycles. The van der Waals surface area contributed by atoms with Crippen molar-refractivity contribution < 1.29 is 5.11 Å². The maximum absolute atomic E-state index is 9.51. The standard InChI is InChI=1S/C18H23BrN6O/c1-4-13-6-5-12(8-20-13)9-21-16-7-15(24-18(2,3)11-26)23-17-14(19)10-22-25(16)17/h5-8,10,21,26H,4,9,11H2,1-3H3,(H,23,24). The van der Waals surface area contributed by atoms with Crippen LogP contribution in [0.15, 0.2) is 35.1 Å². The Morgan fingerprint density at radius 3 is 2.73 bits per heavy atom. The van der Waals surface area contributed by atoms with Gasteiger partial charge < -0.3 is 15.7 Å². The van der Waals surface area contributed by atoms with E-state index in [4.69, 9.17) is 0 Å². The maximum atomic E-state index is 9.51. The number of aliphatic hydroxyl groups is 1. The number of rotatable bonds is 7. The zero-order valence-corrected chi connectivity index (χ0v) is 16.7. The highest BCUT2D eigenvalue weighted by atomic mass is 79.9. The number of anilines is 2. The summed E-state index contributed by atoms with van der Waals surface area (Å²) in [5.41, 5.74) is 2.39. The fourth-order valence-electron chi connectivity index (χ4n) is 2.47. The van der Waals surface area contributed by atoms with Gasteiger partial charge in [-0.2, -0.15) is 9.61 Å². The molecule has 0 aromatic carbocycles. The summed E-state index contributed by atoms with van der Waals surface area (Å²) < 4.78 is 2.55. The summed E-state index contributed by atoms with van der Waals surface area (Å²) in [6, 6.07) is 6.00. The first kappa shape index (κ1) is 18.6.